The third-order valence-electron chi connectivity index (χ3n) is 4.67. The number of aromatic hydroxyl groups is 1. The van der Waals surface area contributed by atoms with Crippen molar-refractivity contribution in [2.24, 2.45) is 0 Å². The van der Waals surface area contributed by atoms with Crippen molar-refractivity contribution in [1.82, 2.24) is 9.97 Å². The van der Waals surface area contributed by atoms with Crippen LogP contribution in [0.15, 0.2) is 122 Å². The van der Waals surface area contributed by atoms with Gasteiger partial charge in [-0.15, -0.1) is 24.3 Å². The molecule has 5 rings (SSSR count). The van der Waals surface area contributed by atoms with Crippen LogP contribution >= 0.6 is 0 Å². The molecular weight excluding hydrogens is 575 g/mol. The summed E-state index contributed by atoms with van der Waals surface area (Å²) in [5.41, 5.74) is 5.74. The van der Waals surface area contributed by atoms with Crippen LogP contribution in [0, 0.1) is 6.07 Å². The van der Waals surface area contributed by atoms with Gasteiger partial charge in [0.05, 0.1) is 0 Å². The van der Waals surface area contributed by atoms with Gasteiger partial charge in [0, 0.05) is 50.4 Å². The molecule has 1 N–H and O–H groups in total. The van der Waals surface area contributed by atoms with Gasteiger partial charge in [-0.3, -0.25) is 9.97 Å². The van der Waals surface area contributed by atoms with Gasteiger partial charge in [-0.1, -0.05) is 83.9 Å². The molecule has 0 aliphatic heterocycles. The third kappa shape index (κ3) is 6.00. The van der Waals surface area contributed by atoms with Crippen molar-refractivity contribution in [3.63, 3.8) is 0 Å². The summed E-state index contributed by atoms with van der Waals surface area (Å²) in [5, 5.41) is 9.56. The van der Waals surface area contributed by atoms with Crippen molar-refractivity contribution in [1.29, 1.82) is 0 Å². The number of pyridine rings is 2. The summed E-state index contributed by atoms with van der Waals surface area (Å²) in [6, 6.07) is 38.3. The van der Waals surface area contributed by atoms with E-state index in [1.165, 1.54) is 0 Å². The molecule has 160 valence electrons. The molecule has 0 aliphatic carbocycles. The molecule has 32 heavy (non-hydrogen) atoms. The largest absolute Gasteiger partial charge is 0.507 e. The van der Waals surface area contributed by atoms with Gasteiger partial charge in [0.15, 0.2) is 0 Å². The maximum Gasteiger partial charge on any atom is 0.123 e. The minimum absolute atomic E-state index is 0. The number of phenolic OH excluding ortho intramolecular Hbond substituents is 1. The average molecular weight is 597 g/mol. The first-order chi connectivity index (χ1) is 15.3. The van der Waals surface area contributed by atoms with E-state index in [0.29, 0.717) is 5.75 Å². The molecule has 2 heterocycles. The molecule has 0 spiro atoms. The van der Waals surface area contributed by atoms with Crippen LogP contribution in [0.4, 0.5) is 0 Å². The molecule has 0 radical (unpaired) electrons. The van der Waals surface area contributed by atoms with Crippen molar-refractivity contribution in [2.75, 3.05) is 0 Å². The van der Waals surface area contributed by atoms with Gasteiger partial charge < -0.3 is 5.11 Å². The Morgan fingerprint density at radius 2 is 1.06 bits per heavy atom. The van der Waals surface area contributed by atoms with Crippen LogP contribution in [0.1, 0.15) is 0 Å². The maximum absolute atomic E-state index is 9.56. The Morgan fingerprint density at radius 3 is 1.59 bits per heavy atom. The van der Waals surface area contributed by atoms with Gasteiger partial charge in [0.2, 0.25) is 0 Å². The molecule has 0 unspecified atom stereocenters. The van der Waals surface area contributed by atoms with E-state index in [9.17, 15) is 5.11 Å². The Morgan fingerprint density at radius 1 is 0.531 bits per heavy atom. The van der Waals surface area contributed by atoms with Gasteiger partial charge in [0.25, 0.3) is 0 Å². The number of nitrogens with zero attached hydrogens (tertiary/aromatic N) is 2. The quantitative estimate of drug-likeness (QED) is 0.237. The number of aromatic nitrogens is 2. The van der Waals surface area contributed by atoms with Crippen molar-refractivity contribution >= 4 is 0 Å². The molecule has 5 aromatic rings. The van der Waals surface area contributed by atoms with Crippen LogP contribution < -0.4 is 0 Å². The summed E-state index contributed by atoms with van der Waals surface area (Å²) in [4.78, 5) is 8.66. The number of para-hydroxylation sites is 1. The fourth-order valence-corrected chi connectivity index (χ4v) is 3.15. The summed E-state index contributed by atoms with van der Waals surface area (Å²) >= 11 is 0. The molecule has 0 saturated carbocycles. The van der Waals surface area contributed by atoms with Crippen molar-refractivity contribution in [3.05, 3.63) is 128 Å². The fraction of sp³-hybridized carbons (Fsp3) is 0. The Balaban J connectivity index is 0.000000184. The molecular formula is C28H21N2OPt-. The van der Waals surface area contributed by atoms with Crippen molar-refractivity contribution in [2.45, 2.75) is 0 Å². The first-order valence-electron chi connectivity index (χ1n) is 10.00. The second-order valence-electron chi connectivity index (χ2n) is 6.79. The number of hydrogen-bond donors (Lipinski definition) is 1. The van der Waals surface area contributed by atoms with Crippen LogP contribution in [-0.4, -0.2) is 15.1 Å². The molecule has 2 aromatic heterocycles. The smallest absolute Gasteiger partial charge is 0.123 e. The second kappa shape index (κ2) is 11.7. The second-order valence-corrected chi connectivity index (χ2v) is 6.79. The zero-order valence-electron chi connectivity index (χ0n) is 17.2. The average Bonchev–Trinajstić information content (AvgIpc) is 2.86. The van der Waals surface area contributed by atoms with Crippen LogP contribution in [-0.2, 0) is 21.1 Å². The van der Waals surface area contributed by atoms with E-state index in [4.69, 9.17) is 0 Å². The zero-order valence-corrected chi connectivity index (χ0v) is 19.5. The molecule has 0 atom stereocenters. The topological polar surface area (TPSA) is 46.0 Å². The third-order valence-corrected chi connectivity index (χ3v) is 4.67. The van der Waals surface area contributed by atoms with E-state index in [-0.39, 0.29) is 21.1 Å². The van der Waals surface area contributed by atoms with E-state index in [0.717, 1.165) is 33.6 Å². The van der Waals surface area contributed by atoms with Crippen LogP contribution in [0.2, 0.25) is 0 Å². The van der Waals surface area contributed by atoms with Crippen molar-refractivity contribution < 1.29 is 26.2 Å². The normalized spacial score (nSPS) is 9.75. The van der Waals surface area contributed by atoms with E-state index in [1.54, 1.807) is 18.5 Å². The molecule has 3 aromatic carbocycles. The molecule has 0 fully saturated rings. The van der Waals surface area contributed by atoms with Gasteiger partial charge in [0.1, 0.15) is 5.75 Å². The summed E-state index contributed by atoms with van der Waals surface area (Å²) in [6.45, 7) is 0. The van der Waals surface area contributed by atoms with Gasteiger partial charge in [-0.05, 0) is 23.8 Å². The van der Waals surface area contributed by atoms with Gasteiger partial charge >= 0.3 is 0 Å². The zero-order chi connectivity index (χ0) is 21.3. The van der Waals surface area contributed by atoms with E-state index in [1.807, 2.05) is 103 Å². The molecule has 0 bridgehead atoms. The Labute approximate surface area is 202 Å². The molecule has 0 amide bonds. The molecule has 0 saturated heterocycles. The standard InChI is InChI=1S/C16H11N2.C12H10O.Pt/c1-3-10-17-15(8-1)13-6-5-7-14(12-13)16-9-2-4-11-18-16;13-12-9-5-4-8-11(12)10-6-2-1-3-7-10;/h1-11H;1-9,13H;/q-1;;. The number of rotatable bonds is 3. The number of phenols is 1. The molecule has 0 aliphatic rings. The summed E-state index contributed by atoms with van der Waals surface area (Å²) in [7, 11) is 0. The first-order valence-corrected chi connectivity index (χ1v) is 10.00. The van der Waals surface area contributed by atoms with Gasteiger partial charge in [-0.2, -0.15) is 0 Å². The summed E-state index contributed by atoms with van der Waals surface area (Å²) in [5.74, 6) is 0.328. The SMILES string of the molecule is Oc1ccccc1-c1ccccc1.[Pt].[c-]1c(-c2ccccn2)cccc1-c1ccccn1. The van der Waals surface area contributed by atoms with E-state index >= 15 is 0 Å². The fourth-order valence-electron chi connectivity index (χ4n) is 3.15. The summed E-state index contributed by atoms with van der Waals surface area (Å²) in [6.07, 6.45) is 3.58. The van der Waals surface area contributed by atoms with E-state index < -0.39 is 0 Å². The Hall–Kier alpha value is -3.55. The Bertz CT molecular complexity index is 1180. The predicted octanol–water partition coefficient (Wildman–Crippen LogP) is 6.67. The van der Waals surface area contributed by atoms with Crippen LogP contribution in [0.5, 0.6) is 5.75 Å². The van der Waals surface area contributed by atoms with Gasteiger partial charge in [-0.25, -0.2) is 0 Å². The number of hydrogen-bond acceptors (Lipinski definition) is 3. The minimum atomic E-state index is 0. The Kier molecular flexibility index (Phi) is 8.48. The van der Waals surface area contributed by atoms with Crippen LogP contribution in [0.3, 0.4) is 0 Å². The van der Waals surface area contributed by atoms with Crippen LogP contribution in [0.25, 0.3) is 33.6 Å². The van der Waals surface area contributed by atoms with E-state index in [2.05, 4.69) is 16.0 Å². The predicted molar refractivity (Wildman–Crippen MR) is 125 cm³/mol. The minimum Gasteiger partial charge on any atom is -0.507 e. The monoisotopic (exact) mass is 596 g/mol. The molecule has 3 nitrogen and oxygen atoms in total. The van der Waals surface area contributed by atoms with Crippen molar-refractivity contribution in [3.8, 4) is 39.4 Å². The summed E-state index contributed by atoms with van der Waals surface area (Å²) < 4.78 is 0. The number of benzene rings is 3. The molecule has 4 heteroatoms. The maximum atomic E-state index is 9.56. The first kappa shape index (κ1) is 23.1.